The number of sulfonamides is 1. The summed E-state index contributed by atoms with van der Waals surface area (Å²) in [5, 5.41) is 3.19. The topological polar surface area (TPSA) is 58.2 Å². The van der Waals surface area contributed by atoms with Gasteiger partial charge >= 0.3 is 0 Å². The van der Waals surface area contributed by atoms with Crippen molar-refractivity contribution in [3.05, 3.63) is 23.8 Å². The largest absolute Gasteiger partial charge is 0.384 e. The molecule has 0 amide bonds. The predicted octanol–water partition coefficient (Wildman–Crippen LogP) is 1.73. The van der Waals surface area contributed by atoms with E-state index in [4.69, 9.17) is 0 Å². The molecule has 94 valence electrons. The minimum atomic E-state index is -3.41. The summed E-state index contributed by atoms with van der Waals surface area (Å²) in [5.41, 5.74) is 1.86. The molecule has 0 atom stereocenters. The first-order chi connectivity index (χ1) is 8.00. The van der Waals surface area contributed by atoms with Gasteiger partial charge in [-0.2, -0.15) is 0 Å². The maximum atomic E-state index is 12.2. The average Bonchev–Trinajstić information content (AvgIpc) is 2.26. The van der Waals surface area contributed by atoms with Gasteiger partial charge in [-0.25, -0.2) is 13.1 Å². The molecule has 0 radical (unpaired) electrons. The summed E-state index contributed by atoms with van der Waals surface area (Å²) in [5.74, 6) is 0. The number of rotatable bonds is 3. The van der Waals surface area contributed by atoms with E-state index < -0.39 is 10.0 Å². The van der Waals surface area contributed by atoms with E-state index in [-0.39, 0.29) is 6.04 Å². The summed E-state index contributed by atoms with van der Waals surface area (Å²) < 4.78 is 26.9. The van der Waals surface area contributed by atoms with Gasteiger partial charge < -0.3 is 5.32 Å². The first kappa shape index (κ1) is 12.4. The summed E-state index contributed by atoms with van der Waals surface area (Å²) in [6, 6.07) is 5.35. The van der Waals surface area contributed by atoms with Crippen molar-refractivity contribution in [3.8, 4) is 0 Å². The zero-order chi connectivity index (χ0) is 12.5. The molecule has 0 fully saturated rings. The summed E-state index contributed by atoms with van der Waals surface area (Å²) in [7, 11) is -3.41. The molecule has 0 aliphatic carbocycles. The molecule has 4 nitrogen and oxygen atoms in total. The molecule has 17 heavy (non-hydrogen) atoms. The van der Waals surface area contributed by atoms with Gasteiger partial charge in [0.2, 0.25) is 10.0 Å². The lowest BCUT2D eigenvalue weighted by Crippen LogP contribution is -2.31. The highest BCUT2D eigenvalue weighted by Gasteiger charge is 2.22. The number of anilines is 1. The van der Waals surface area contributed by atoms with Crippen molar-refractivity contribution in [2.24, 2.45) is 0 Å². The van der Waals surface area contributed by atoms with Crippen molar-refractivity contribution in [2.75, 3.05) is 11.9 Å². The Balaban J connectivity index is 2.45. The molecule has 2 N–H and O–H groups in total. The van der Waals surface area contributed by atoms with Gasteiger partial charge in [0.15, 0.2) is 0 Å². The van der Waals surface area contributed by atoms with Gasteiger partial charge in [0.25, 0.3) is 0 Å². The SMILES string of the molecule is CC(C)NS(=O)(=O)c1cccc2c1NCCC2. The summed E-state index contributed by atoms with van der Waals surface area (Å²) in [4.78, 5) is 0.364. The van der Waals surface area contributed by atoms with Crippen LogP contribution in [0.15, 0.2) is 23.1 Å². The first-order valence-electron chi connectivity index (χ1n) is 5.89. The quantitative estimate of drug-likeness (QED) is 0.863. The van der Waals surface area contributed by atoms with Crippen molar-refractivity contribution in [2.45, 2.75) is 37.6 Å². The molecule has 1 aromatic rings. The monoisotopic (exact) mass is 254 g/mol. The molecule has 2 rings (SSSR count). The smallest absolute Gasteiger partial charge is 0.242 e. The second kappa shape index (κ2) is 4.66. The minimum absolute atomic E-state index is 0.0977. The van der Waals surface area contributed by atoms with E-state index in [9.17, 15) is 8.42 Å². The van der Waals surface area contributed by atoms with Crippen LogP contribution in [0.4, 0.5) is 5.69 Å². The van der Waals surface area contributed by atoms with Crippen LogP contribution in [0.1, 0.15) is 25.8 Å². The highest BCUT2D eigenvalue weighted by Crippen LogP contribution is 2.29. The summed E-state index contributed by atoms with van der Waals surface area (Å²) >= 11 is 0. The van der Waals surface area contributed by atoms with Gasteiger partial charge in [-0.05, 0) is 38.3 Å². The Labute approximate surface area is 102 Å². The van der Waals surface area contributed by atoms with Gasteiger partial charge in [0.05, 0.1) is 5.69 Å². The maximum Gasteiger partial charge on any atom is 0.242 e. The Kier molecular flexibility index (Phi) is 3.40. The zero-order valence-corrected chi connectivity index (χ0v) is 11.0. The molecule has 0 bridgehead atoms. The molecule has 0 spiro atoms. The van der Waals surface area contributed by atoms with Crippen molar-refractivity contribution >= 4 is 15.7 Å². The van der Waals surface area contributed by atoms with Crippen LogP contribution in [-0.4, -0.2) is 21.0 Å². The summed E-state index contributed by atoms with van der Waals surface area (Å²) in [6.45, 7) is 4.47. The van der Waals surface area contributed by atoms with E-state index in [0.29, 0.717) is 4.90 Å². The highest BCUT2D eigenvalue weighted by atomic mass is 32.2. The Morgan fingerprint density at radius 1 is 1.35 bits per heavy atom. The van der Waals surface area contributed by atoms with Gasteiger partial charge in [0.1, 0.15) is 4.90 Å². The third-order valence-electron chi connectivity index (χ3n) is 2.72. The molecule has 5 heteroatoms. The molecule has 0 saturated carbocycles. The lowest BCUT2D eigenvalue weighted by atomic mass is 10.0. The molecule has 0 aromatic heterocycles. The van der Waals surface area contributed by atoms with E-state index in [2.05, 4.69) is 10.0 Å². The van der Waals surface area contributed by atoms with Gasteiger partial charge in [-0.3, -0.25) is 0 Å². The van der Waals surface area contributed by atoms with Crippen LogP contribution in [0.25, 0.3) is 0 Å². The third kappa shape index (κ3) is 2.61. The van der Waals surface area contributed by atoms with E-state index >= 15 is 0 Å². The Hall–Kier alpha value is -1.07. The molecule has 1 aliphatic rings. The second-order valence-electron chi connectivity index (χ2n) is 4.60. The second-order valence-corrected chi connectivity index (χ2v) is 6.28. The zero-order valence-electron chi connectivity index (χ0n) is 10.2. The van der Waals surface area contributed by atoms with E-state index in [1.807, 2.05) is 19.9 Å². The van der Waals surface area contributed by atoms with Crippen LogP contribution in [-0.2, 0) is 16.4 Å². The number of fused-ring (bicyclic) bond motifs is 1. The molecule has 1 aromatic carbocycles. The number of hydrogen-bond acceptors (Lipinski definition) is 3. The lowest BCUT2D eigenvalue weighted by molar-refractivity contribution is 0.569. The minimum Gasteiger partial charge on any atom is -0.384 e. The number of para-hydroxylation sites is 1. The Bertz CT molecular complexity index is 509. The standard InChI is InChI=1S/C12H18N2O2S/c1-9(2)14-17(15,16)11-7-3-5-10-6-4-8-13-12(10)11/h3,5,7,9,13-14H,4,6,8H2,1-2H3. The van der Waals surface area contributed by atoms with Crippen molar-refractivity contribution in [1.29, 1.82) is 0 Å². The summed E-state index contributed by atoms with van der Waals surface area (Å²) in [6.07, 6.45) is 1.99. The van der Waals surface area contributed by atoms with Crippen LogP contribution in [0, 0.1) is 0 Å². The first-order valence-corrected chi connectivity index (χ1v) is 7.37. The van der Waals surface area contributed by atoms with Gasteiger partial charge in [-0.1, -0.05) is 12.1 Å². The molecule has 0 unspecified atom stereocenters. The van der Waals surface area contributed by atoms with Crippen LogP contribution in [0.2, 0.25) is 0 Å². The van der Waals surface area contributed by atoms with Crippen LogP contribution in [0.5, 0.6) is 0 Å². The highest BCUT2D eigenvalue weighted by molar-refractivity contribution is 7.89. The van der Waals surface area contributed by atoms with Crippen molar-refractivity contribution in [1.82, 2.24) is 4.72 Å². The molecule has 0 saturated heterocycles. The van der Waals surface area contributed by atoms with Crippen molar-refractivity contribution in [3.63, 3.8) is 0 Å². The van der Waals surface area contributed by atoms with Crippen LogP contribution in [0.3, 0.4) is 0 Å². The number of hydrogen-bond donors (Lipinski definition) is 2. The van der Waals surface area contributed by atoms with Crippen LogP contribution >= 0.6 is 0 Å². The van der Waals surface area contributed by atoms with Gasteiger partial charge in [0, 0.05) is 12.6 Å². The maximum absolute atomic E-state index is 12.2. The fourth-order valence-corrected chi connectivity index (χ4v) is 3.55. The van der Waals surface area contributed by atoms with E-state index in [1.54, 1.807) is 12.1 Å². The molecular weight excluding hydrogens is 236 g/mol. The average molecular weight is 254 g/mol. The number of aryl methyl sites for hydroxylation is 1. The lowest BCUT2D eigenvalue weighted by Gasteiger charge is -2.21. The van der Waals surface area contributed by atoms with E-state index in [1.165, 1.54) is 0 Å². The Morgan fingerprint density at radius 3 is 2.82 bits per heavy atom. The van der Waals surface area contributed by atoms with Crippen molar-refractivity contribution < 1.29 is 8.42 Å². The van der Waals surface area contributed by atoms with E-state index in [0.717, 1.165) is 30.6 Å². The molecule has 1 heterocycles. The fourth-order valence-electron chi connectivity index (χ4n) is 2.08. The normalized spacial score (nSPS) is 15.5. The molecular formula is C12H18N2O2S. The Morgan fingerprint density at radius 2 is 2.12 bits per heavy atom. The number of benzene rings is 1. The van der Waals surface area contributed by atoms with Crippen LogP contribution < -0.4 is 10.0 Å². The third-order valence-corrected chi connectivity index (χ3v) is 4.42. The predicted molar refractivity (Wildman–Crippen MR) is 68.7 cm³/mol. The fraction of sp³-hybridized carbons (Fsp3) is 0.500. The number of nitrogens with one attached hydrogen (secondary N) is 2. The van der Waals surface area contributed by atoms with Gasteiger partial charge in [-0.15, -0.1) is 0 Å². The molecule has 1 aliphatic heterocycles.